The highest BCUT2D eigenvalue weighted by atomic mass is 16.4. The summed E-state index contributed by atoms with van der Waals surface area (Å²) < 4.78 is 4.60. The molecule has 1 heterocycles. The quantitative estimate of drug-likeness (QED) is 0.565. The monoisotopic (exact) mass is 153 g/mol. The first kappa shape index (κ1) is 7.62. The molecule has 11 heavy (non-hydrogen) atoms. The molecule has 0 saturated heterocycles. The van der Waals surface area contributed by atoms with Gasteiger partial charge in [-0.1, -0.05) is 0 Å². The lowest BCUT2D eigenvalue weighted by Gasteiger charge is -1.93. The van der Waals surface area contributed by atoms with Crippen LogP contribution in [0.2, 0.25) is 0 Å². The molecule has 0 amide bonds. The highest BCUT2D eigenvalue weighted by Gasteiger charge is 2.06. The number of carbonyl (C=O) groups excluding carboxylic acids is 1. The molecular weight excluding hydrogens is 144 g/mol. The van der Waals surface area contributed by atoms with Crippen LogP contribution in [0, 0.1) is 0 Å². The van der Waals surface area contributed by atoms with Gasteiger partial charge in [0.15, 0.2) is 0 Å². The van der Waals surface area contributed by atoms with E-state index in [0.717, 1.165) is 0 Å². The molecule has 0 fully saturated rings. The molecular formula is C6H9N4O+. The molecule has 0 aromatic carbocycles. The second kappa shape index (κ2) is 3.07. The Balaban J connectivity index is 3.11. The van der Waals surface area contributed by atoms with Crippen LogP contribution >= 0.6 is 0 Å². The predicted octanol–water partition coefficient (Wildman–Crippen LogP) is -0.405. The lowest BCUT2D eigenvalue weighted by molar-refractivity contribution is -0.360. The molecule has 0 unspecified atom stereocenters. The standard InChI is InChI=1S/C6H9N4O/c1-11-5-2-4(3-7)9-6(8)10-5/h2H,1,3,7H2,(H2,8,9,10)/q+1. The average molecular weight is 153 g/mol. The molecule has 58 valence electrons. The topological polar surface area (TPSA) is 89.1 Å². The smallest absolute Gasteiger partial charge is 0.368 e. The summed E-state index contributed by atoms with van der Waals surface area (Å²) in [5, 5.41) is 0. The molecule has 0 aliphatic heterocycles. The van der Waals surface area contributed by atoms with Crippen molar-refractivity contribution in [1.82, 2.24) is 9.97 Å². The zero-order valence-corrected chi connectivity index (χ0v) is 5.95. The summed E-state index contributed by atoms with van der Waals surface area (Å²) in [4.78, 5) is 7.56. The maximum absolute atomic E-state index is 5.32. The molecule has 0 aliphatic carbocycles. The largest absolute Gasteiger partial charge is 0.456 e. The summed E-state index contributed by atoms with van der Waals surface area (Å²) in [5.41, 5.74) is 11.3. The van der Waals surface area contributed by atoms with Crippen LogP contribution in [0.3, 0.4) is 0 Å². The van der Waals surface area contributed by atoms with Gasteiger partial charge < -0.3 is 11.5 Å². The molecule has 5 nitrogen and oxygen atoms in total. The molecule has 0 bridgehead atoms. The molecule has 1 aromatic heterocycles. The van der Waals surface area contributed by atoms with Crippen molar-refractivity contribution in [1.29, 1.82) is 0 Å². The lowest BCUT2D eigenvalue weighted by atomic mass is 10.4. The zero-order chi connectivity index (χ0) is 8.27. The number of hydrogen-bond acceptors (Lipinski definition) is 4. The first-order valence-electron chi connectivity index (χ1n) is 3.02. The van der Waals surface area contributed by atoms with Crippen molar-refractivity contribution < 1.29 is 4.42 Å². The Kier molecular flexibility index (Phi) is 2.12. The summed E-state index contributed by atoms with van der Waals surface area (Å²) in [6.45, 7) is 3.49. The van der Waals surface area contributed by atoms with Crippen LogP contribution in [0.15, 0.2) is 6.07 Å². The Morgan fingerprint density at radius 2 is 2.27 bits per heavy atom. The fourth-order valence-electron chi connectivity index (χ4n) is 0.671. The molecule has 0 radical (unpaired) electrons. The van der Waals surface area contributed by atoms with E-state index in [2.05, 4.69) is 21.2 Å². The predicted molar refractivity (Wildman–Crippen MR) is 40.9 cm³/mol. The minimum absolute atomic E-state index is 0.145. The van der Waals surface area contributed by atoms with Gasteiger partial charge in [-0.05, 0) is 0 Å². The van der Waals surface area contributed by atoms with Crippen LogP contribution in [0.25, 0.3) is 0 Å². The summed E-state index contributed by atoms with van der Waals surface area (Å²) in [5.74, 6) is 0.476. The van der Waals surface area contributed by atoms with Crippen molar-refractivity contribution >= 4 is 12.7 Å². The van der Waals surface area contributed by atoms with E-state index in [1.54, 1.807) is 6.07 Å². The van der Waals surface area contributed by atoms with Crippen LogP contribution in [0.4, 0.5) is 5.95 Å². The van der Waals surface area contributed by atoms with E-state index in [4.69, 9.17) is 11.5 Å². The van der Waals surface area contributed by atoms with Gasteiger partial charge in [0.2, 0.25) is 5.95 Å². The molecule has 0 spiro atoms. The molecule has 1 rings (SSSR count). The first-order valence-corrected chi connectivity index (χ1v) is 3.02. The van der Waals surface area contributed by atoms with E-state index in [-0.39, 0.29) is 5.95 Å². The van der Waals surface area contributed by atoms with Gasteiger partial charge in [0.05, 0.1) is 11.8 Å². The summed E-state index contributed by atoms with van der Waals surface area (Å²) in [7, 11) is 0. The number of hydrogen-bond donors (Lipinski definition) is 2. The second-order valence-corrected chi connectivity index (χ2v) is 1.90. The third kappa shape index (κ3) is 1.71. The van der Waals surface area contributed by atoms with Gasteiger partial charge in [-0.3, -0.25) is 0 Å². The summed E-state index contributed by atoms with van der Waals surface area (Å²) in [6, 6.07) is 1.59. The van der Waals surface area contributed by atoms with Gasteiger partial charge in [0.1, 0.15) is 0 Å². The number of aromatic nitrogens is 2. The van der Waals surface area contributed by atoms with E-state index in [9.17, 15) is 0 Å². The highest BCUT2D eigenvalue weighted by molar-refractivity contribution is 5.26. The number of nitrogens with two attached hydrogens (primary N) is 2. The SMILES string of the molecule is C=[O+]c1cc(CN)nc(N)n1. The van der Waals surface area contributed by atoms with Crippen molar-refractivity contribution in [2.75, 3.05) is 5.73 Å². The first-order chi connectivity index (χ1) is 5.26. The summed E-state index contributed by atoms with van der Waals surface area (Å²) >= 11 is 0. The van der Waals surface area contributed by atoms with Crippen LogP contribution in [-0.4, -0.2) is 16.8 Å². The Morgan fingerprint density at radius 3 is 2.82 bits per heavy atom. The Labute approximate surface area is 63.8 Å². The fourth-order valence-corrected chi connectivity index (χ4v) is 0.671. The van der Waals surface area contributed by atoms with Crippen molar-refractivity contribution in [3.63, 3.8) is 0 Å². The van der Waals surface area contributed by atoms with Gasteiger partial charge in [-0.15, -0.1) is 4.98 Å². The Morgan fingerprint density at radius 1 is 1.55 bits per heavy atom. The van der Waals surface area contributed by atoms with Gasteiger partial charge in [-0.2, -0.15) is 0 Å². The molecule has 4 N–H and O–H groups in total. The third-order valence-corrected chi connectivity index (χ3v) is 1.13. The van der Waals surface area contributed by atoms with Crippen molar-refractivity contribution in [2.24, 2.45) is 5.73 Å². The second-order valence-electron chi connectivity index (χ2n) is 1.90. The maximum Gasteiger partial charge on any atom is 0.456 e. The summed E-state index contributed by atoms with van der Waals surface area (Å²) in [6.07, 6.45) is 0. The third-order valence-electron chi connectivity index (χ3n) is 1.13. The van der Waals surface area contributed by atoms with Gasteiger partial charge >= 0.3 is 5.88 Å². The van der Waals surface area contributed by atoms with Gasteiger partial charge in [-0.25, -0.2) is 9.41 Å². The normalized spacial score (nSPS) is 9.55. The minimum atomic E-state index is 0.145. The average Bonchev–Trinajstić information content (AvgIpc) is 2.03. The van der Waals surface area contributed by atoms with E-state index in [0.29, 0.717) is 18.1 Å². The maximum atomic E-state index is 5.32. The molecule has 5 heteroatoms. The van der Waals surface area contributed by atoms with E-state index in [1.807, 2.05) is 0 Å². The minimum Gasteiger partial charge on any atom is -0.368 e. The molecule has 0 aliphatic rings. The van der Waals surface area contributed by atoms with Crippen molar-refractivity contribution in [2.45, 2.75) is 6.54 Å². The Bertz CT molecular complexity index is 273. The van der Waals surface area contributed by atoms with Crippen molar-refractivity contribution in [3.05, 3.63) is 11.8 Å². The number of anilines is 1. The van der Waals surface area contributed by atoms with Gasteiger partial charge in [0, 0.05) is 6.54 Å². The fraction of sp³-hybridized carbons (Fsp3) is 0.167. The van der Waals surface area contributed by atoms with E-state index in [1.165, 1.54) is 0 Å². The van der Waals surface area contributed by atoms with Crippen LogP contribution in [0.1, 0.15) is 5.69 Å². The number of nitrogen functional groups attached to an aromatic ring is 1. The van der Waals surface area contributed by atoms with Gasteiger partial charge in [0.25, 0.3) is 6.79 Å². The highest BCUT2D eigenvalue weighted by Crippen LogP contribution is 2.08. The lowest BCUT2D eigenvalue weighted by Crippen LogP contribution is -2.03. The van der Waals surface area contributed by atoms with E-state index < -0.39 is 0 Å². The molecule has 0 saturated carbocycles. The Hall–Kier alpha value is -1.49. The number of rotatable bonds is 2. The molecule has 1 aromatic rings. The van der Waals surface area contributed by atoms with E-state index >= 15 is 0 Å². The molecule has 0 atom stereocenters. The van der Waals surface area contributed by atoms with Crippen LogP contribution < -0.4 is 11.5 Å². The zero-order valence-electron chi connectivity index (χ0n) is 5.95. The van der Waals surface area contributed by atoms with Crippen molar-refractivity contribution in [3.8, 4) is 5.88 Å². The van der Waals surface area contributed by atoms with Crippen LogP contribution in [-0.2, 0) is 11.0 Å². The van der Waals surface area contributed by atoms with Crippen LogP contribution in [0.5, 0.6) is 5.88 Å². The number of nitrogens with zero attached hydrogens (tertiary/aromatic N) is 2.